The fourth-order valence-electron chi connectivity index (χ4n) is 2.32. The fourth-order valence-corrected chi connectivity index (χ4v) is 2.88. The second-order valence-electron chi connectivity index (χ2n) is 4.75. The normalized spacial score (nSPS) is 25.1. The number of methoxy groups -OCH3 is 1. The molecule has 4 heteroatoms. The Bertz CT molecular complexity index is 411. The van der Waals surface area contributed by atoms with Crippen LogP contribution >= 0.6 is 15.9 Å². The van der Waals surface area contributed by atoms with Crippen LogP contribution in [-0.4, -0.2) is 25.9 Å². The first-order valence-corrected chi connectivity index (χ1v) is 7.12. The van der Waals surface area contributed by atoms with E-state index in [1.54, 1.807) is 7.11 Å². The zero-order valence-electron chi connectivity index (χ0n) is 11.1. The van der Waals surface area contributed by atoms with Gasteiger partial charge in [0.1, 0.15) is 5.75 Å². The van der Waals surface area contributed by atoms with Crippen LogP contribution in [0.25, 0.3) is 0 Å². The summed E-state index contributed by atoms with van der Waals surface area (Å²) in [5, 5.41) is 3.62. The highest BCUT2D eigenvalue weighted by atomic mass is 79.9. The van der Waals surface area contributed by atoms with Crippen molar-refractivity contribution in [3.05, 3.63) is 28.2 Å². The molecule has 1 fully saturated rings. The van der Waals surface area contributed by atoms with Gasteiger partial charge in [-0.3, -0.25) is 0 Å². The predicted molar refractivity (Wildman–Crippen MR) is 76.1 cm³/mol. The van der Waals surface area contributed by atoms with E-state index in [1.807, 2.05) is 6.07 Å². The lowest BCUT2D eigenvalue weighted by molar-refractivity contribution is 0.111. The molecule has 18 heavy (non-hydrogen) atoms. The number of hydrogen-bond acceptors (Lipinski definition) is 3. The zero-order chi connectivity index (χ0) is 13.1. The first kappa shape index (κ1) is 13.8. The van der Waals surface area contributed by atoms with Gasteiger partial charge in [-0.1, -0.05) is 6.07 Å². The van der Waals surface area contributed by atoms with Crippen molar-refractivity contribution >= 4 is 15.9 Å². The third-order valence-electron chi connectivity index (χ3n) is 3.52. The first-order chi connectivity index (χ1) is 8.61. The van der Waals surface area contributed by atoms with Crippen molar-refractivity contribution < 1.29 is 9.47 Å². The van der Waals surface area contributed by atoms with Crippen LogP contribution in [0.2, 0.25) is 0 Å². The molecule has 1 heterocycles. The minimum atomic E-state index is 0.300. The van der Waals surface area contributed by atoms with Crippen LogP contribution in [0.4, 0.5) is 0 Å². The summed E-state index contributed by atoms with van der Waals surface area (Å²) in [5.74, 6) is 0.864. The summed E-state index contributed by atoms with van der Waals surface area (Å²) in [5.41, 5.74) is 1.25. The molecule has 1 aliphatic rings. The third-order valence-corrected chi connectivity index (χ3v) is 4.14. The Morgan fingerprint density at radius 3 is 2.83 bits per heavy atom. The molecule has 1 N–H and O–H groups in total. The molecule has 3 unspecified atom stereocenters. The second kappa shape index (κ2) is 6.04. The molecule has 1 aliphatic heterocycles. The van der Waals surface area contributed by atoms with E-state index in [-0.39, 0.29) is 0 Å². The summed E-state index contributed by atoms with van der Waals surface area (Å²) in [6, 6.07) is 6.95. The topological polar surface area (TPSA) is 30.5 Å². The summed E-state index contributed by atoms with van der Waals surface area (Å²) >= 11 is 3.52. The number of nitrogens with one attached hydrogen (secondary N) is 1. The van der Waals surface area contributed by atoms with Gasteiger partial charge >= 0.3 is 0 Å². The summed E-state index contributed by atoms with van der Waals surface area (Å²) in [6.45, 7) is 5.17. The lowest BCUT2D eigenvalue weighted by atomic mass is 10.1. The van der Waals surface area contributed by atoms with Crippen molar-refractivity contribution in [3.8, 4) is 5.75 Å². The molecule has 0 aliphatic carbocycles. The highest BCUT2D eigenvalue weighted by Gasteiger charge is 2.25. The summed E-state index contributed by atoms with van der Waals surface area (Å²) in [7, 11) is 1.68. The largest absolute Gasteiger partial charge is 0.496 e. The van der Waals surface area contributed by atoms with Gasteiger partial charge < -0.3 is 14.8 Å². The van der Waals surface area contributed by atoms with Gasteiger partial charge in [0, 0.05) is 18.7 Å². The van der Waals surface area contributed by atoms with Crippen molar-refractivity contribution in [3.63, 3.8) is 0 Å². The van der Waals surface area contributed by atoms with Gasteiger partial charge in [0.25, 0.3) is 0 Å². The minimum absolute atomic E-state index is 0.300. The van der Waals surface area contributed by atoms with Crippen molar-refractivity contribution in [2.75, 3.05) is 13.7 Å². The second-order valence-corrected chi connectivity index (χ2v) is 5.61. The third kappa shape index (κ3) is 3.05. The molecule has 3 nitrogen and oxygen atoms in total. The maximum atomic E-state index is 5.57. The van der Waals surface area contributed by atoms with Gasteiger partial charge in [0.2, 0.25) is 0 Å². The van der Waals surface area contributed by atoms with Crippen LogP contribution in [-0.2, 0) is 4.74 Å². The van der Waals surface area contributed by atoms with Gasteiger partial charge in [0.15, 0.2) is 0 Å². The van der Waals surface area contributed by atoms with Crippen LogP contribution in [0, 0.1) is 0 Å². The van der Waals surface area contributed by atoms with E-state index >= 15 is 0 Å². The molecule has 3 atom stereocenters. The van der Waals surface area contributed by atoms with Crippen LogP contribution < -0.4 is 10.1 Å². The molecule has 0 saturated carbocycles. The molecule has 1 aromatic carbocycles. The maximum Gasteiger partial charge on any atom is 0.133 e. The molecule has 2 rings (SSSR count). The summed E-state index contributed by atoms with van der Waals surface area (Å²) in [4.78, 5) is 0. The van der Waals surface area contributed by atoms with Crippen molar-refractivity contribution in [2.45, 2.75) is 38.5 Å². The Hall–Kier alpha value is -0.580. The highest BCUT2D eigenvalue weighted by Crippen LogP contribution is 2.28. The predicted octanol–water partition coefficient (Wildman–Crippen LogP) is 3.29. The number of ether oxygens (including phenoxy) is 2. The Morgan fingerprint density at radius 2 is 2.28 bits per heavy atom. The molecular formula is C14H20BrNO2. The molecular weight excluding hydrogens is 294 g/mol. The van der Waals surface area contributed by atoms with Crippen LogP contribution in [0.1, 0.15) is 31.9 Å². The lowest BCUT2D eigenvalue weighted by Crippen LogP contribution is -2.36. The fraction of sp³-hybridized carbons (Fsp3) is 0.571. The van der Waals surface area contributed by atoms with Gasteiger partial charge in [-0.25, -0.2) is 0 Å². The van der Waals surface area contributed by atoms with E-state index in [9.17, 15) is 0 Å². The van der Waals surface area contributed by atoms with E-state index in [2.05, 4.69) is 47.2 Å². The van der Waals surface area contributed by atoms with Crippen molar-refractivity contribution in [1.82, 2.24) is 5.32 Å². The molecule has 0 amide bonds. The minimum Gasteiger partial charge on any atom is -0.496 e. The van der Waals surface area contributed by atoms with E-state index < -0.39 is 0 Å². The zero-order valence-corrected chi connectivity index (χ0v) is 12.7. The SMILES string of the molecule is COc1ccc(C(C)NC2CCOC2C)cc1Br. The van der Waals surface area contributed by atoms with Crippen LogP contribution in [0.5, 0.6) is 5.75 Å². The van der Waals surface area contributed by atoms with E-state index in [1.165, 1.54) is 5.56 Å². The lowest BCUT2D eigenvalue weighted by Gasteiger charge is -2.22. The number of hydrogen-bond donors (Lipinski definition) is 1. The molecule has 1 aromatic rings. The Morgan fingerprint density at radius 1 is 1.50 bits per heavy atom. The van der Waals surface area contributed by atoms with E-state index in [0.717, 1.165) is 23.2 Å². The standard InChI is InChI=1S/C14H20BrNO2/c1-9(16-13-6-7-18-10(13)2)11-4-5-14(17-3)12(15)8-11/h4-5,8-10,13,16H,6-7H2,1-3H3. The molecule has 0 aromatic heterocycles. The summed E-state index contributed by atoms with van der Waals surface area (Å²) < 4.78 is 11.8. The van der Waals surface area contributed by atoms with Crippen molar-refractivity contribution in [2.24, 2.45) is 0 Å². The average molecular weight is 314 g/mol. The number of rotatable bonds is 4. The monoisotopic (exact) mass is 313 g/mol. The summed E-state index contributed by atoms with van der Waals surface area (Å²) in [6.07, 6.45) is 1.39. The Kier molecular flexibility index (Phi) is 4.65. The molecule has 0 spiro atoms. The Labute approximate surface area is 117 Å². The van der Waals surface area contributed by atoms with E-state index in [0.29, 0.717) is 18.2 Å². The van der Waals surface area contributed by atoms with Crippen LogP contribution in [0.3, 0.4) is 0 Å². The quantitative estimate of drug-likeness (QED) is 0.925. The number of benzene rings is 1. The van der Waals surface area contributed by atoms with E-state index in [4.69, 9.17) is 9.47 Å². The molecule has 100 valence electrons. The van der Waals surface area contributed by atoms with Gasteiger partial charge in [-0.2, -0.15) is 0 Å². The molecule has 1 saturated heterocycles. The first-order valence-electron chi connectivity index (χ1n) is 6.33. The molecule has 0 radical (unpaired) electrons. The van der Waals surface area contributed by atoms with Gasteiger partial charge in [0.05, 0.1) is 17.7 Å². The van der Waals surface area contributed by atoms with Crippen LogP contribution in [0.15, 0.2) is 22.7 Å². The van der Waals surface area contributed by atoms with Gasteiger partial charge in [-0.15, -0.1) is 0 Å². The maximum absolute atomic E-state index is 5.57. The Balaban J connectivity index is 2.04. The van der Waals surface area contributed by atoms with Crippen molar-refractivity contribution in [1.29, 1.82) is 0 Å². The smallest absolute Gasteiger partial charge is 0.133 e. The average Bonchev–Trinajstić information content (AvgIpc) is 2.75. The number of halogens is 1. The molecule has 0 bridgehead atoms. The highest BCUT2D eigenvalue weighted by molar-refractivity contribution is 9.10. The van der Waals surface area contributed by atoms with Gasteiger partial charge in [-0.05, 0) is 53.9 Å².